The van der Waals surface area contributed by atoms with Crippen molar-refractivity contribution in [2.75, 3.05) is 7.11 Å². The third kappa shape index (κ3) is 2.85. The molecule has 100 valence electrons. The van der Waals surface area contributed by atoms with Gasteiger partial charge in [0.15, 0.2) is 5.84 Å². The van der Waals surface area contributed by atoms with E-state index in [2.05, 4.69) is 10.3 Å². The summed E-state index contributed by atoms with van der Waals surface area (Å²) in [6.07, 6.45) is 1.92. The Balaban J connectivity index is 2.29. The maximum Gasteiger partial charge on any atom is 0.173 e. The van der Waals surface area contributed by atoms with Gasteiger partial charge in [0.25, 0.3) is 0 Å². The van der Waals surface area contributed by atoms with Crippen LogP contribution >= 0.6 is 0 Å². The van der Waals surface area contributed by atoms with Crippen LogP contribution in [0.2, 0.25) is 0 Å². The average Bonchev–Trinajstić information content (AvgIpc) is 2.83. The second kappa shape index (κ2) is 5.43. The van der Waals surface area contributed by atoms with E-state index in [9.17, 15) is 0 Å². The van der Waals surface area contributed by atoms with Gasteiger partial charge in [0, 0.05) is 6.20 Å². The molecule has 0 spiro atoms. The van der Waals surface area contributed by atoms with E-state index in [1.165, 1.54) is 0 Å². The average molecular weight is 260 g/mol. The van der Waals surface area contributed by atoms with E-state index in [0.717, 1.165) is 11.3 Å². The first kappa shape index (κ1) is 12.9. The third-order valence-corrected chi connectivity index (χ3v) is 2.77. The lowest BCUT2D eigenvalue weighted by Crippen LogP contribution is -2.14. The van der Waals surface area contributed by atoms with Crippen molar-refractivity contribution in [3.05, 3.63) is 47.3 Å². The van der Waals surface area contributed by atoms with Crippen LogP contribution in [0, 0.1) is 6.92 Å². The second-order valence-corrected chi connectivity index (χ2v) is 4.17. The number of aryl methyl sites for hydroxylation is 1. The van der Waals surface area contributed by atoms with Crippen LogP contribution in [-0.4, -0.2) is 27.9 Å². The number of benzene rings is 1. The number of ether oxygens (including phenoxy) is 1. The van der Waals surface area contributed by atoms with Crippen molar-refractivity contribution < 1.29 is 9.94 Å². The highest BCUT2D eigenvalue weighted by Crippen LogP contribution is 2.20. The zero-order valence-electron chi connectivity index (χ0n) is 10.9. The molecule has 0 saturated carbocycles. The van der Waals surface area contributed by atoms with Crippen molar-refractivity contribution >= 4 is 5.84 Å². The molecule has 0 aliphatic heterocycles. The summed E-state index contributed by atoms with van der Waals surface area (Å²) in [6.45, 7) is 2.58. The Kier molecular flexibility index (Phi) is 3.70. The Hall–Kier alpha value is -2.50. The quantitative estimate of drug-likeness (QED) is 0.376. The summed E-state index contributed by atoms with van der Waals surface area (Å²) in [5.74, 6) is 0.593. The fourth-order valence-corrected chi connectivity index (χ4v) is 1.84. The van der Waals surface area contributed by atoms with Crippen LogP contribution in [0.1, 0.15) is 16.8 Å². The largest absolute Gasteiger partial charge is 0.496 e. The van der Waals surface area contributed by atoms with Gasteiger partial charge in [-0.05, 0) is 30.7 Å². The first-order valence-corrected chi connectivity index (χ1v) is 5.79. The summed E-state index contributed by atoms with van der Waals surface area (Å²) in [4.78, 5) is 0. The van der Waals surface area contributed by atoms with E-state index in [0.29, 0.717) is 17.9 Å². The molecule has 0 aliphatic carbocycles. The van der Waals surface area contributed by atoms with E-state index < -0.39 is 0 Å². The van der Waals surface area contributed by atoms with E-state index in [1.807, 2.05) is 36.0 Å². The van der Waals surface area contributed by atoms with Crippen LogP contribution in [0.25, 0.3) is 0 Å². The summed E-state index contributed by atoms with van der Waals surface area (Å²) in [5.41, 5.74) is 8.13. The summed E-state index contributed by atoms with van der Waals surface area (Å²) >= 11 is 0. The van der Waals surface area contributed by atoms with Crippen LogP contribution in [0.4, 0.5) is 0 Å². The molecule has 0 atom stereocenters. The van der Waals surface area contributed by atoms with Crippen molar-refractivity contribution in [3.63, 3.8) is 0 Å². The zero-order valence-corrected chi connectivity index (χ0v) is 10.9. The Morgan fingerprint density at radius 3 is 2.84 bits per heavy atom. The van der Waals surface area contributed by atoms with Gasteiger partial charge < -0.3 is 15.7 Å². The number of nitrogens with zero attached hydrogens (tertiary/aromatic N) is 3. The SMILES string of the molecule is COc1cc(Cn2ccc(C)n2)ccc1/C(N)=N/O. The smallest absolute Gasteiger partial charge is 0.173 e. The predicted molar refractivity (Wildman–Crippen MR) is 71.6 cm³/mol. The number of rotatable bonds is 4. The molecule has 19 heavy (non-hydrogen) atoms. The molecule has 6 nitrogen and oxygen atoms in total. The Bertz CT molecular complexity index is 604. The molecule has 0 bridgehead atoms. The predicted octanol–water partition coefficient (Wildman–Crippen LogP) is 1.34. The monoisotopic (exact) mass is 260 g/mol. The van der Waals surface area contributed by atoms with Gasteiger partial charge in [-0.1, -0.05) is 11.2 Å². The minimum atomic E-state index is 0.0262. The maximum absolute atomic E-state index is 8.71. The molecule has 3 N–H and O–H groups in total. The van der Waals surface area contributed by atoms with E-state index in [1.54, 1.807) is 13.2 Å². The molecule has 1 aromatic heterocycles. The van der Waals surface area contributed by atoms with Gasteiger partial charge in [-0.25, -0.2) is 0 Å². The first-order chi connectivity index (χ1) is 9.13. The van der Waals surface area contributed by atoms with Gasteiger partial charge in [0.05, 0.1) is 24.9 Å². The minimum Gasteiger partial charge on any atom is -0.496 e. The molecule has 6 heteroatoms. The van der Waals surface area contributed by atoms with Crippen molar-refractivity contribution in [3.8, 4) is 5.75 Å². The zero-order chi connectivity index (χ0) is 13.8. The highest BCUT2D eigenvalue weighted by molar-refractivity contribution is 5.99. The number of hydrogen-bond acceptors (Lipinski definition) is 4. The van der Waals surface area contributed by atoms with Crippen LogP contribution in [0.3, 0.4) is 0 Å². The molecule has 0 fully saturated rings. The lowest BCUT2D eigenvalue weighted by atomic mass is 10.1. The normalized spacial score (nSPS) is 11.6. The lowest BCUT2D eigenvalue weighted by molar-refractivity contribution is 0.318. The third-order valence-electron chi connectivity index (χ3n) is 2.77. The molecule has 2 rings (SSSR count). The van der Waals surface area contributed by atoms with Gasteiger partial charge in [-0.15, -0.1) is 0 Å². The highest BCUT2D eigenvalue weighted by Gasteiger charge is 2.09. The topological polar surface area (TPSA) is 85.7 Å². The van der Waals surface area contributed by atoms with Crippen molar-refractivity contribution in [1.29, 1.82) is 0 Å². The van der Waals surface area contributed by atoms with Gasteiger partial charge in [0.1, 0.15) is 5.75 Å². The molecule has 0 unspecified atom stereocenters. The highest BCUT2D eigenvalue weighted by atomic mass is 16.5. The standard InChI is InChI=1S/C13H16N4O2/c1-9-5-6-17(15-9)8-10-3-4-11(13(14)16-18)12(7-10)19-2/h3-7,18H,8H2,1-2H3,(H2,14,16). The summed E-state index contributed by atoms with van der Waals surface area (Å²) in [7, 11) is 1.55. The number of methoxy groups -OCH3 is 1. The summed E-state index contributed by atoms with van der Waals surface area (Å²) < 4.78 is 7.09. The molecular formula is C13H16N4O2. The summed E-state index contributed by atoms with van der Waals surface area (Å²) in [6, 6.07) is 7.46. The van der Waals surface area contributed by atoms with Crippen LogP contribution in [-0.2, 0) is 6.54 Å². The lowest BCUT2D eigenvalue weighted by Gasteiger charge is -2.09. The minimum absolute atomic E-state index is 0.0262. The molecule has 2 aromatic rings. The molecular weight excluding hydrogens is 244 g/mol. The Labute approximate surface area is 111 Å². The first-order valence-electron chi connectivity index (χ1n) is 5.79. The molecule has 0 amide bonds. The molecule has 0 radical (unpaired) electrons. The fraction of sp³-hybridized carbons (Fsp3) is 0.231. The molecule has 1 aromatic carbocycles. The molecule has 1 heterocycles. The van der Waals surface area contributed by atoms with E-state index >= 15 is 0 Å². The number of nitrogens with two attached hydrogens (primary N) is 1. The van der Waals surface area contributed by atoms with Crippen LogP contribution < -0.4 is 10.5 Å². The fourth-order valence-electron chi connectivity index (χ4n) is 1.84. The van der Waals surface area contributed by atoms with Crippen LogP contribution in [0.5, 0.6) is 5.75 Å². The number of aromatic nitrogens is 2. The van der Waals surface area contributed by atoms with Crippen molar-refractivity contribution in [2.24, 2.45) is 10.9 Å². The maximum atomic E-state index is 8.71. The Morgan fingerprint density at radius 1 is 1.47 bits per heavy atom. The Morgan fingerprint density at radius 2 is 2.26 bits per heavy atom. The van der Waals surface area contributed by atoms with Crippen molar-refractivity contribution in [2.45, 2.75) is 13.5 Å². The van der Waals surface area contributed by atoms with Gasteiger partial charge >= 0.3 is 0 Å². The number of amidine groups is 1. The second-order valence-electron chi connectivity index (χ2n) is 4.17. The number of hydrogen-bond donors (Lipinski definition) is 2. The summed E-state index contributed by atoms with van der Waals surface area (Å²) in [5, 5.41) is 16.0. The van der Waals surface area contributed by atoms with E-state index in [4.69, 9.17) is 15.7 Å². The van der Waals surface area contributed by atoms with Crippen LogP contribution in [0.15, 0.2) is 35.6 Å². The van der Waals surface area contributed by atoms with Gasteiger partial charge in [-0.3, -0.25) is 4.68 Å². The van der Waals surface area contributed by atoms with E-state index in [-0.39, 0.29) is 5.84 Å². The van der Waals surface area contributed by atoms with Crippen molar-refractivity contribution in [1.82, 2.24) is 9.78 Å². The van der Waals surface area contributed by atoms with Gasteiger partial charge in [0.2, 0.25) is 0 Å². The molecule has 0 saturated heterocycles. The molecule has 0 aliphatic rings. The number of oxime groups is 1. The van der Waals surface area contributed by atoms with Gasteiger partial charge in [-0.2, -0.15) is 5.10 Å².